The monoisotopic (exact) mass is 250 g/mol. The number of ether oxygens (including phenoxy) is 2. The zero-order chi connectivity index (χ0) is 13.2. The predicted molar refractivity (Wildman–Crippen MR) is 71.8 cm³/mol. The molecule has 0 spiro atoms. The van der Waals surface area contributed by atoms with Crippen LogP contribution in [0.5, 0.6) is 11.5 Å². The van der Waals surface area contributed by atoms with Crippen LogP contribution in [0.15, 0.2) is 18.2 Å². The van der Waals surface area contributed by atoms with Gasteiger partial charge in [0, 0.05) is 6.04 Å². The molecule has 1 aromatic rings. The number of hydrogen-bond donors (Lipinski definition) is 2. The maximum absolute atomic E-state index is 5.70. The average Bonchev–Trinajstić information content (AvgIpc) is 2.76. The van der Waals surface area contributed by atoms with Gasteiger partial charge >= 0.3 is 0 Å². The Hall–Kier alpha value is -1.26. The molecule has 0 bridgehead atoms. The second kappa shape index (κ2) is 5.16. The normalized spacial score (nSPS) is 15.8. The number of fused-ring (bicyclic) bond motifs is 1. The second-order valence-corrected chi connectivity index (χ2v) is 5.36. The fourth-order valence-electron chi connectivity index (χ4n) is 2.62. The third-order valence-corrected chi connectivity index (χ3v) is 3.59. The topological polar surface area (TPSA) is 56.5 Å². The zero-order valence-corrected chi connectivity index (χ0v) is 11.3. The molecule has 4 heteroatoms. The van der Waals surface area contributed by atoms with E-state index in [9.17, 15) is 0 Å². The average molecular weight is 250 g/mol. The van der Waals surface area contributed by atoms with Crippen LogP contribution in [0.2, 0.25) is 0 Å². The minimum Gasteiger partial charge on any atom is -0.454 e. The van der Waals surface area contributed by atoms with Gasteiger partial charge in [0.15, 0.2) is 11.5 Å². The number of rotatable bonds is 5. The largest absolute Gasteiger partial charge is 0.454 e. The van der Waals surface area contributed by atoms with E-state index in [2.05, 4.69) is 31.3 Å². The SMILES string of the molecule is CNC(c1ccc2c(c1)OCO2)C(C)(C)CCN. The van der Waals surface area contributed by atoms with Crippen molar-refractivity contribution in [2.45, 2.75) is 26.3 Å². The van der Waals surface area contributed by atoms with Crippen molar-refractivity contribution >= 4 is 0 Å². The summed E-state index contributed by atoms with van der Waals surface area (Å²) in [4.78, 5) is 0. The van der Waals surface area contributed by atoms with Gasteiger partial charge in [-0.1, -0.05) is 19.9 Å². The van der Waals surface area contributed by atoms with Gasteiger partial charge in [-0.05, 0) is 43.1 Å². The molecule has 1 aliphatic rings. The molecule has 0 amide bonds. The van der Waals surface area contributed by atoms with Crippen LogP contribution in [0.3, 0.4) is 0 Å². The summed E-state index contributed by atoms with van der Waals surface area (Å²) in [6.45, 7) is 5.46. The highest BCUT2D eigenvalue weighted by Gasteiger charge is 2.30. The Morgan fingerprint density at radius 1 is 1.33 bits per heavy atom. The van der Waals surface area contributed by atoms with E-state index in [4.69, 9.17) is 15.2 Å². The Morgan fingerprint density at radius 3 is 2.72 bits per heavy atom. The van der Waals surface area contributed by atoms with Gasteiger partial charge in [-0.2, -0.15) is 0 Å². The molecule has 1 heterocycles. The molecule has 1 aliphatic heterocycles. The lowest BCUT2D eigenvalue weighted by Gasteiger charge is -2.34. The van der Waals surface area contributed by atoms with Gasteiger partial charge in [0.2, 0.25) is 6.79 Å². The molecule has 18 heavy (non-hydrogen) atoms. The van der Waals surface area contributed by atoms with Crippen molar-refractivity contribution < 1.29 is 9.47 Å². The Morgan fingerprint density at radius 2 is 2.06 bits per heavy atom. The summed E-state index contributed by atoms with van der Waals surface area (Å²) in [6.07, 6.45) is 0.965. The van der Waals surface area contributed by atoms with E-state index < -0.39 is 0 Å². The highest BCUT2D eigenvalue weighted by Crippen LogP contribution is 2.40. The van der Waals surface area contributed by atoms with E-state index in [-0.39, 0.29) is 11.5 Å². The second-order valence-electron chi connectivity index (χ2n) is 5.36. The number of nitrogens with one attached hydrogen (secondary N) is 1. The van der Waals surface area contributed by atoms with Crippen molar-refractivity contribution in [3.8, 4) is 11.5 Å². The zero-order valence-electron chi connectivity index (χ0n) is 11.3. The van der Waals surface area contributed by atoms with E-state index in [1.807, 2.05) is 13.1 Å². The Kier molecular flexibility index (Phi) is 3.78. The van der Waals surface area contributed by atoms with E-state index in [0.717, 1.165) is 17.9 Å². The summed E-state index contributed by atoms with van der Waals surface area (Å²) < 4.78 is 10.8. The molecule has 2 rings (SSSR count). The molecule has 3 N–H and O–H groups in total. The number of nitrogens with two attached hydrogens (primary N) is 1. The molecule has 1 unspecified atom stereocenters. The standard InChI is InChI=1S/C14H22N2O2/c1-14(2,6-7-15)13(16-3)10-4-5-11-12(8-10)18-9-17-11/h4-5,8,13,16H,6-7,9,15H2,1-3H3. The first-order valence-corrected chi connectivity index (χ1v) is 6.35. The van der Waals surface area contributed by atoms with Crippen LogP contribution in [0.25, 0.3) is 0 Å². The smallest absolute Gasteiger partial charge is 0.231 e. The van der Waals surface area contributed by atoms with Crippen LogP contribution < -0.4 is 20.5 Å². The Balaban J connectivity index is 2.27. The molecule has 0 aliphatic carbocycles. The van der Waals surface area contributed by atoms with E-state index >= 15 is 0 Å². The fourth-order valence-corrected chi connectivity index (χ4v) is 2.62. The molecule has 0 saturated carbocycles. The summed E-state index contributed by atoms with van der Waals surface area (Å²) in [6, 6.07) is 6.37. The van der Waals surface area contributed by atoms with Gasteiger partial charge in [-0.3, -0.25) is 0 Å². The van der Waals surface area contributed by atoms with Crippen molar-refractivity contribution in [1.82, 2.24) is 5.32 Å². The highest BCUT2D eigenvalue weighted by molar-refractivity contribution is 5.45. The third-order valence-electron chi connectivity index (χ3n) is 3.59. The summed E-state index contributed by atoms with van der Waals surface area (Å²) >= 11 is 0. The van der Waals surface area contributed by atoms with Crippen LogP contribution in [0.1, 0.15) is 31.9 Å². The van der Waals surface area contributed by atoms with Gasteiger partial charge < -0.3 is 20.5 Å². The maximum Gasteiger partial charge on any atom is 0.231 e. The lowest BCUT2D eigenvalue weighted by Crippen LogP contribution is -2.33. The lowest BCUT2D eigenvalue weighted by molar-refractivity contribution is 0.173. The summed E-state index contributed by atoms with van der Waals surface area (Å²) in [5, 5.41) is 3.38. The Labute approximate surface area is 108 Å². The first kappa shape index (κ1) is 13.2. The summed E-state index contributed by atoms with van der Waals surface area (Å²) in [5.74, 6) is 1.65. The summed E-state index contributed by atoms with van der Waals surface area (Å²) in [5.41, 5.74) is 7.01. The number of hydrogen-bond acceptors (Lipinski definition) is 4. The summed E-state index contributed by atoms with van der Waals surface area (Å²) in [7, 11) is 1.98. The van der Waals surface area contributed by atoms with Crippen LogP contribution in [0, 0.1) is 5.41 Å². The molecular weight excluding hydrogens is 228 g/mol. The van der Waals surface area contributed by atoms with Crippen molar-refractivity contribution in [3.63, 3.8) is 0 Å². The predicted octanol–water partition coefficient (Wildman–Crippen LogP) is 2.05. The van der Waals surface area contributed by atoms with Gasteiger partial charge in [0.25, 0.3) is 0 Å². The third kappa shape index (κ3) is 2.44. The molecule has 0 aromatic heterocycles. The van der Waals surface area contributed by atoms with Crippen LogP contribution in [0.4, 0.5) is 0 Å². The molecule has 0 fully saturated rings. The molecule has 0 saturated heterocycles. The van der Waals surface area contributed by atoms with E-state index in [0.29, 0.717) is 13.3 Å². The molecule has 0 radical (unpaired) electrons. The van der Waals surface area contributed by atoms with Crippen molar-refractivity contribution in [1.29, 1.82) is 0 Å². The van der Waals surface area contributed by atoms with Crippen LogP contribution in [-0.2, 0) is 0 Å². The molecule has 1 atom stereocenters. The lowest BCUT2D eigenvalue weighted by atomic mass is 9.78. The Bertz CT molecular complexity index is 418. The van der Waals surface area contributed by atoms with Crippen molar-refractivity contribution in [3.05, 3.63) is 23.8 Å². The first-order valence-electron chi connectivity index (χ1n) is 6.35. The molecule has 100 valence electrons. The maximum atomic E-state index is 5.70. The molecule has 1 aromatic carbocycles. The van der Waals surface area contributed by atoms with Crippen LogP contribution in [-0.4, -0.2) is 20.4 Å². The van der Waals surface area contributed by atoms with E-state index in [1.54, 1.807) is 0 Å². The van der Waals surface area contributed by atoms with E-state index in [1.165, 1.54) is 5.56 Å². The van der Waals surface area contributed by atoms with Gasteiger partial charge in [0.1, 0.15) is 0 Å². The highest BCUT2D eigenvalue weighted by atomic mass is 16.7. The van der Waals surface area contributed by atoms with Crippen molar-refractivity contribution in [2.24, 2.45) is 11.1 Å². The fraction of sp³-hybridized carbons (Fsp3) is 0.571. The molecule has 4 nitrogen and oxygen atoms in total. The van der Waals surface area contributed by atoms with Gasteiger partial charge in [0.05, 0.1) is 0 Å². The van der Waals surface area contributed by atoms with Crippen molar-refractivity contribution in [2.75, 3.05) is 20.4 Å². The molecular formula is C14H22N2O2. The quantitative estimate of drug-likeness (QED) is 0.839. The minimum atomic E-state index is 0.0944. The number of benzene rings is 1. The van der Waals surface area contributed by atoms with Gasteiger partial charge in [-0.25, -0.2) is 0 Å². The first-order chi connectivity index (χ1) is 8.58. The minimum absolute atomic E-state index is 0.0944. The van der Waals surface area contributed by atoms with Crippen LogP contribution >= 0.6 is 0 Å². The van der Waals surface area contributed by atoms with Gasteiger partial charge in [-0.15, -0.1) is 0 Å².